The van der Waals surface area contributed by atoms with E-state index in [2.05, 4.69) is 6.58 Å². The van der Waals surface area contributed by atoms with Crippen molar-refractivity contribution in [1.82, 2.24) is 4.31 Å². The first-order valence-electron chi connectivity index (χ1n) is 12.1. The van der Waals surface area contributed by atoms with Crippen LogP contribution in [0.5, 0.6) is 0 Å². The Bertz CT molecular complexity index is 1220. The third-order valence-corrected chi connectivity index (χ3v) is 8.22. The van der Waals surface area contributed by atoms with E-state index >= 15 is 0 Å². The molecule has 1 heterocycles. The standard InChI is InChI=1S/C30H33NO4S/c1-3-28-20-30(23-34-21-26-10-6-4-7-11-26,24-35-22-27-12-8-5-9-13-27)18-19-31(28)36(32,33)29-16-14-25(2)15-17-29/h3-17,20H,1,18-19,21-24H2,2H3. The number of ether oxygens (including phenoxy) is 2. The van der Waals surface area contributed by atoms with Crippen LogP contribution >= 0.6 is 0 Å². The molecule has 4 rings (SSSR count). The summed E-state index contributed by atoms with van der Waals surface area (Å²) < 4.78 is 40.6. The molecule has 0 atom stereocenters. The summed E-state index contributed by atoms with van der Waals surface area (Å²) in [5.41, 5.74) is 3.26. The second-order valence-corrected chi connectivity index (χ2v) is 11.1. The number of hydrogen-bond acceptors (Lipinski definition) is 4. The van der Waals surface area contributed by atoms with Crippen LogP contribution < -0.4 is 0 Å². The summed E-state index contributed by atoms with van der Waals surface area (Å²) in [6.45, 7) is 7.94. The van der Waals surface area contributed by atoms with Crippen molar-refractivity contribution < 1.29 is 17.9 Å². The van der Waals surface area contributed by atoms with Crippen LogP contribution in [-0.2, 0) is 32.7 Å². The van der Waals surface area contributed by atoms with E-state index in [1.165, 1.54) is 4.31 Å². The van der Waals surface area contributed by atoms with Gasteiger partial charge in [0.1, 0.15) is 0 Å². The van der Waals surface area contributed by atoms with Crippen LogP contribution in [0.25, 0.3) is 0 Å². The Balaban J connectivity index is 1.56. The maximum atomic E-state index is 13.5. The third kappa shape index (κ3) is 6.32. The molecule has 1 aliphatic rings. The van der Waals surface area contributed by atoms with Crippen LogP contribution in [-0.4, -0.2) is 32.5 Å². The predicted octanol–water partition coefficient (Wildman–Crippen LogP) is 5.88. The first kappa shape index (κ1) is 25.9. The molecule has 1 aliphatic heterocycles. The van der Waals surface area contributed by atoms with E-state index in [0.717, 1.165) is 16.7 Å². The summed E-state index contributed by atoms with van der Waals surface area (Å²) in [7, 11) is -3.71. The van der Waals surface area contributed by atoms with Crippen molar-refractivity contribution in [2.75, 3.05) is 19.8 Å². The normalized spacial score (nSPS) is 15.4. The fraction of sp³-hybridized carbons (Fsp3) is 0.267. The number of allylic oxidation sites excluding steroid dienone is 1. The molecule has 0 aromatic heterocycles. The van der Waals surface area contributed by atoms with Gasteiger partial charge in [0.25, 0.3) is 10.0 Å². The zero-order valence-corrected chi connectivity index (χ0v) is 21.5. The van der Waals surface area contributed by atoms with E-state index in [9.17, 15) is 8.42 Å². The molecule has 3 aromatic carbocycles. The lowest BCUT2D eigenvalue weighted by molar-refractivity contribution is -0.0176. The number of sulfonamides is 1. The molecule has 36 heavy (non-hydrogen) atoms. The molecule has 6 heteroatoms. The Morgan fingerprint density at radius 1 is 0.861 bits per heavy atom. The highest BCUT2D eigenvalue weighted by atomic mass is 32.2. The van der Waals surface area contributed by atoms with Gasteiger partial charge in [-0.2, -0.15) is 0 Å². The van der Waals surface area contributed by atoms with Crippen LogP contribution in [0.15, 0.2) is 114 Å². The van der Waals surface area contributed by atoms with Gasteiger partial charge in [-0.15, -0.1) is 0 Å². The molecule has 0 saturated heterocycles. The zero-order chi connectivity index (χ0) is 25.4. The van der Waals surface area contributed by atoms with Gasteiger partial charge >= 0.3 is 0 Å². The SMILES string of the molecule is C=CC1=CC(COCc2ccccc2)(COCc2ccccc2)CCN1S(=O)(=O)c1ccc(C)cc1. The highest BCUT2D eigenvalue weighted by Crippen LogP contribution is 2.36. The minimum Gasteiger partial charge on any atom is -0.376 e. The van der Waals surface area contributed by atoms with Crippen molar-refractivity contribution in [2.24, 2.45) is 5.41 Å². The molecule has 0 radical (unpaired) electrons. The third-order valence-electron chi connectivity index (χ3n) is 6.38. The molecule has 0 spiro atoms. The lowest BCUT2D eigenvalue weighted by Crippen LogP contribution is -2.43. The maximum absolute atomic E-state index is 13.5. The highest BCUT2D eigenvalue weighted by molar-refractivity contribution is 7.89. The van der Waals surface area contributed by atoms with E-state index in [-0.39, 0.29) is 4.90 Å². The van der Waals surface area contributed by atoms with Crippen molar-refractivity contribution in [1.29, 1.82) is 0 Å². The van der Waals surface area contributed by atoms with Crippen LogP contribution in [0.3, 0.4) is 0 Å². The Labute approximate surface area is 214 Å². The molecule has 0 amide bonds. The highest BCUT2D eigenvalue weighted by Gasteiger charge is 2.38. The lowest BCUT2D eigenvalue weighted by atomic mass is 9.83. The molecule has 0 saturated carbocycles. The van der Waals surface area contributed by atoms with Gasteiger partial charge in [0.2, 0.25) is 0 Å². The summed E-state index contributed by atoms with van der Waals surface area (Å²) in [5.74, 6) is 0. The molecule has 188 valence electrons. The Kier molecular flexibility index (Phi) is 8.41. The van der Waals surface area contributed by atoms with E-state index in [1.807, 2.05) is 85.8 Å². The zero-order valence-electron chi connectivity index (χ0n) is 20.7. The lowest BCUT2D eigenvalue weighted by Gasteiger charge is -2.39. The van der Waals surface area contributed by atoms with Gasteiger partial charge < -0.3 is 9.47 Å². The average molecular weight is 504 g/mol. The molecule has 0 N–H and O–H groups in total. The van der Waals surface area contributed by atoms with Crippen LogP contribution in [0.1, 0.15) is 23.1 Å². The topological polar surface area (TPSA) is 55.8 Å². The van der Waals surface area contributed by atoms with Gasteiger partial charge in [0.05, 0.1) is 31.3 Å². The van der Waals surface area contributed by atoms with Gasteiger partial charge in [-0.05, 0) is 48.8 Å². The number of benzene rings is 3. The van der Waals surface area contributed by atoms with Gasteiger partial charge in [-0.3, -0.25) is 4.31 Å². The molecule has 0 bridgehead atoms. The number of aryl methyl sites for hydroxylation is 1. The van der Waals surface area contributed by atoms with Crippen molar-refractivity contribution in [2.45, 2.75) is 31.5 Å². The van der Waals surface area contributed by atoms with Crippen molar-refractivity contribution in [3.05, 3.63) is 126 Å². The molecular weight excluding hydrogens is 470 g/mol. The number of rotatable bonds is 11. The Morgan fingerprint density at radius 3 is 1.89 bits per heavy atom. The summed E-state index contributed by atoms with van der Waals surface area (Å²) in [6.07, 6.45) is 4.14. The molecule has 0 unspecified atom stereocenters. The first-order valence-corrected chi connectivity index (χ1v) is 13.5. The first-order chi connectivity index (χ1) is 17.4. The largest absolute Gasteiger partial charge is 0.376 e. The fourth-order valence-electron chi connectivity index (χ4n) is 4.33. The summed E-state index contributed by atoms with van der Waals surface area (Å²) in [5, 5.41) is 0. The summed E-state index contributed by atoms with van der Waals surface area (Å²) in [6, 6.07) is 26.9. The van der Waals surface area contributed by atoms with Crippen LogP contribution in [0, 0.1) is 12.3 Å². The molecule has 5 nitrogen and oxygen atoms in total. The Hall–Kier alpha value is -3.19. The van der Waals surface area contributed by atoms with Gasteiger partial charge in [-0.1, -0.05) is 84.9 Å². The van der Waals surface area contributed by atoms with Crippen LogP contribution in [0.4, 0.5) is 0 Å². The van der Waals surface area contributed by atoms with E-state index in [1.54, 1.807) is 18.2 Å². The maximum Gasteiger partial charge on any atom is 0.264 e. The fourth-order valence-corrected chi connectivity index (χ4v) is 5.80. The van der Waals surface area contributed by atoms with E-state index < -0.39 is 15.4 Å². The van der Waals surface area contributed by atoms with E-state index in [0.29, 0.717) is 45.1 Å². The quantitative estimate of drug-likeness (QED) is 0.328. The summed E-state index contributed by atoms with van der Waals surface area (Å²) in [4.78, 5) is 0.272. The minimum absolute atomic E-state index is 0.272. The predicted molar refractivity (Wildman–Crippen MR) is 143 cm³/mol. The second-order valence-electron chi connectivity index (χ2n) is 9.23. The minimum atomic E-state index is -3.71. The Morgan fingerprint density at radius 2 is 1.39 bits per heavy atom. The molecular formula is C30H33NO4S. The second kappa shape index (κ2) is 11.7. The van der Waals surface area contributed by atoms with Crippen molar-refractivity contribution >= 4 is 10.0 Å². The van der Waals surface area contributed by atoms with Crippen molar-refractivity contribution in [3.8, 4) is 0 Å². The molecule has 0 aliphatic carbocycles. The number of nitrogens with zero attached hydrogens (tertiary/aromatic N) is 1. The smallest absolute Gasteiger partial charge is 0.264 e. The van der Waals surface area contributed by atoms with E-state index in [4.69, 9.17) is 9.47 Å². The summed E-state index contributed by atoms with van der Waals surface area (Å²) >= 11 is 0. The number of hydrogen-bond donors (Lipinski definition) is 0. The average Bonchev–Trinajstić information content (AvgIpc) is 2.90. The molecule has 3 aromatic rings. The van der Waals surface area contributed by atoms with Gasteiger partial charge in [-0.25, -0.2) is 8.42 Å². The van der Waals surface area contributed by atoms with Crippen molar-refractivity contribution in [3.63, 3.8) is 0 Å². The van der Waals surface area contributed by atoms with Gasteiger partial charge in [0, 0.05) is 17.7 Å². The monoisotopic (exact) mass is 503 g/mol. The van der Waals surface area contributed by atoms with Gasteiger partial charge in [0.15, 0.2) is 0 Å². The molecule has 0 fully saturated rings. The van der Waals surface area contributed by atoms with Crippen LogP contribution in [0.2, 0.25) is 0 Å².